The molecular formula is C28H26N4O4. The monoisotopic (exact) mass is 482 g/mol. The van der Waals surface area contributed by atoms with E-state index in [1.54, 1.807) is 42.5 Å². The Hall–Kier alpha value is -4.59. The molecule has 0 aliphatic carbocycles. The Labute approximate surface area is 208 Å². The molecule has 1 heterocycles. The average Bonchev–Trinajstić information content (AvgIpc) is 2.87. The Morgan fingerprint density at radius 1 is 0.833 bits per heavy atom. The number of aromatic nitrogens is 2. The van der Waals surface area contributed by atoms with Gasteiger partial charge in [-0.05, 0) is 56.7 Å². The maximum Gasteiger partial charge on any atom is 0.338 e. The lowest BCUT2D eigenvalue weighted by Crippen LogP contribution is -2.26. The Morgan fingerprint density at radius 3 is 2.28 bits per heavy atom. The van der Waals surface area contributed by atoms with Crippen LogP contribution in [0.4, 0.5) is 5.69 Å². The Balaban J connectivity index is 1.36. The first-order valence-electron chi connectivity index (χ1n) is 11.4. The van der Waals surface area contributed by atoms with Gasteiger partial charge < -0.3 is 15.4 Å². The molecule has 3 aromatic carbocycles. The van der Waals surface area contributed by atoms with Crippen molar-refractivity contribution >= 4 is 34.5 Å². The van der Waals surface area contributed by atoms with Gasteiger partial charge >= 0.3 is 5.97 Å². The second-order valence-corrected chi connectivity index (χ2v) is 8.44. The van der Waals surface area contributed by atoms with E-state index < -0.39 is 18.5 Å². The maximum absolute atomic E-state index is 12.7. The first-order valence-corrected chi connectivity index (χ1v) is 11.4. The molecule has 8 heteroatoms. The van der Waals surface area contributed by atoms with E-state index in [0.717, 1.165) is 22.5 Å². The second-order valence-electron chi connectivity index (χ2n) is 8.44. The zero-order valence-corrected chi connectivity index (χ0v) is 20.3. The van der Waals surface area contributed by atoms with E-state index in [4.69, 9.17) is 4.74 Å². The van der Waals surface area contributed by atoms with E-state index in [2.05, 4.69) is 20.6 Å². The number of fused-ring (bicyclic) bond motifs is 1. The first kappa shape index (κ1) is 24.5. The molecule has 0 bridgehead atoms. The standard InChI is InChI=1S/C28H26N4O4/c1-17-8-10-20(11-9-17)15-29-27(34)22-6-4-5-7-23(22)32-26(33)16-36-28(35)21-12-13-24-25(14-21)31-19(3)18(2)30-24/h4-14H,15-16H2,1-3H3,(H,29,34)(H,32,33). The molecule has 2 amide bonds. The number of hydrogen-bond acceptors (Lipinski definition) is 6. The normalized spacial score (nSPS) is 10.6. The summed E-state index contributed by atoms with van der Waals surface area (Å²) in [6.45, 7) is 5.56. The zero-order chi connectivity index (χ0) is 25.7. The predicted octanol–water partition coefficient (Wildman–Crippen LogP) is 4.28. The number of nitrogens with zero attached hydrogens (tertiary/aromatic N) is 2. The third-order valence-corrected chi connectivity index (χ3v) is 5.66. The van der Waals surface area contributed by atoms with Crippen LogP contribution < -0.4 is 10.6 Å². The third kappa shape index (κ3) is 5.90. The van der Waals surface area contributed by atoms with Gasteiger partial charge in [-0.2, -0.15) is 0 Å². The average molecular weight is 483 g/mol. The molecule has 0 radical (unpaired) electrons. The predicted molar refractivity (Wildman–Crippen MR) is 137 cm³/mol. The van der Waals surface area contributed by atoms with Crippen molar-refractivity contribution in [1.82, 2.24) is 15.3 Å². The number of amides is 2. The van der Waals surface area contributed by atoms with Gasteiger partial charge in [-0.3, -0.25) is 9.59 Å². The van der Waals surface area contributed by atoms with Gasteiger partial charge in [-0.25, -0.2) is 14.8 Å². The summed E-state index contributed by atoms with van der Waals surface area (Å²) >= 11 is 0. The van der Waals surface area contributed by atoms with Crippen molar-refractivity contribution in [2.45, 2.75) is 27.3 Å². The summed E-state index contributed by atoms with van der Waals surface area (Å²) in [4.78, 5) is 46.6. The van der Waals surface area contributed by atoms with E-state index in [1.807, 2.05) is 45.0 Å². The number of aryl methyl sites for hydroxylation is 3. The minimum Gasteiger partial charge on any atom is -0.452 e. The third-order valence-electron chi connectivity index (χ3n) is 5.66. The van der Waals surface area contributed by atoms with Gasteiger partial charge in [0.1, 0.15) is 0 Å². The van der Waals surface area contributed by atoms with Crippen LogP contribution in [0.5, 0.6) is 0 Å². The van der Waals surface area contributed by atoms with E-state index in [9.17, 15) is 14.4 Å². The summed E-state index contributed by atoms with van der Waals surface area (Å²) in [5.74, 6) is -1.54. The van der Waals surface area contributed by atoms with E-state index in [1.165, 1.54) is 0 Å². The molecular weight excluding hydrogens is 456 g/mol. The maximum atomic E-state index is 12.7. The fourth-order valence-electron chi connectivity index (χ4n) is 3.53. The Kier molecular flexibility index (Phi) is 7.34. The molecule has 182 valence electrons. The van der Waals surface area contributed by atoms with E-state index in [0.29, 0.717) is 28.8 Å². The topological polar surface area (TPSA) is 110 Å². The SMILES string of the molecule is Cc1ccc(CNC(=O)c2ccccc2NC(=O)COC(=O)c2ccc3nc(C)c(C)nc3c2)cc1. The number of nitrogens with one attached hydrogen (secondary N) is 2. The number of esters is 1. The molecule has 36 heavy (non-hydrogen) atoms. The van der Waals surface area contributed by atoms with Crippen LogP contribution in [-0.4, -0.2) is 34.4 Å². The molecule has 4 rings (SSSR count). The van der Waals surface area contributed by atoms with Gasteiger partial charge in [0, 0.05) is 6.54 Å². The van der Waals surface area contributed by atoms with E-state index in [-0.39, 0.29) is 11.5 Å². The second kappa shape index (κ2) is 10.8. The van der Waals surface area contributed by atoms with Crippen molar-refractivity contribution in [2.24, 2.45) is 0 Å². The molecule has 0 atom stereocenters. The van der Waals surface area contributed by atoms with Crippen molar-refractivity contribution in [2.75, 3.05) is 11.9 Å². The van der Waals surface area contributed by atoms with Crippen LogP contribution in [0.2, 0.25) is 0 Å². The fourth-order valence-corrected chi connectivity index (χ4v) is 3.53. The summed E-state index contributed by atoms with van der Waals surface area (Å²) in [5, 5.41) is 5.50. The molecule has 1 aromatic heterocycles. The molecule has 0 aliphatic heterocycles. The molecule has 8 nitrogen and oxygen atoms in total. The summed E-state index contributed by atoms with van der Waals surface area (Å²) in [6.07, 6.45) is 0. The lowest BCUT2D eigenvalue weighted by molar-refractivity contribution is -0.119. The van der Waals surface area contributed by atoms with Gasteiger partial charge in [0.05, 0.1) is 39.2 Å². The van der Waals surface area contributed by atoms with Crippen LogP contribution in [-0.2, 0) is 16.1 Å². The molecule has 0 unspecified atom stereocenters. The number of rotatable bonds is 7. The van der Waals surface area contributed by atoms with Crippen molar-refractivity contribution in [3.8, 4) is 0 Å². The lowest BCUT2D eigenvalue weighted by atomic mass is 10.1. The van der Waals surface area contributed by atoms with Crippen molar-refractivity contribution in [1.29, 1.82) is 0 Å². The lowest BCUT2D eigenvalue weighted by Gasteiger charge is -2.12. The van der Waals surface area contributed by atoms with Crippen LogP contribution in [0.25, 0.3) is 11.0 Å². The van der Waals surface area contributed by atoms with E-state index >= 15 is 0 Å². The van der Waals surface area contributed by atoms with Crippen molar-refractivity contribution in [3.63, 3.8) is 0 Å². The highest BCUT2D eigenvalue weighted by Crippen LogP contribution is 2.17. The van der Waals surface area contributed by atoms with Gasteiger partial charge in [-0.15, -0.1) is 0 Å². The molecule has 0 saturated carbocycles. The highest BCUT2D eigenvalue weighted by atomic mass is 16.5. The number of para-hydroxylation sites is 1. The highest BCUT2D eigenvalue weighted by molar-refractivity contribution is 6.04. The Morgan fingerprint density at radius 2 is 1.53 bits per heavy atom. The quantitative estimate of drug-likeness (QED) is 0.381. The van der Waals surface area contributed by atoms with Gasteiger partial charge in [0.25, 0.3) is 11.8 Å². The highest BCUT2D eigenvalue weighted by Gasteiger charge is 2.16. The van der Waals surface area contributed by atoms with Crippen LogP contribution in [0, 0.1) is 20.8 Å². The van der Waals surface area contributed by atoms with Gasteiger partial charge in [0.2, 0.25) is 0 Å². The van der Waals surface area contributed by atoms with Crippen molar-refractivity contribution in [3.05, 3.63) is 100 Å². The number of carbonyl (C=O) groups excluding carboxylic acids is 3. The first-order chi connectivity index (χ1) is 17.3. The molecule has 0 fully saturated rings. The fraction of sp³-hybridized carbons (Fsp3) is 0.179. The van der Waals surface area contributed by atoms with Crippen molar-refractivity contribution < 1.29 is 19.1 Å². The van der Waals surface area contributed by atoms with Crippen LogP contribution in [0.1, 0.15) is 43.2 Å². The van der Waals surface area contributed by atoms with Crippen LogP contribution in [0.15, 0.2) is 66.7 Å². The molecule has 2 N–H and O–H groups in total. The minimum atomic E-state index is -0.656. The summed E-state index contributed by atoms with van der Waals surface area (Å²) in [7, 11) is 0. The zero-order valence-electron chi connectivity index (χ0n) is 20.3. The number of hydrogen-bond donors (Lipinski definition) is 2. The number of anilines is 1. The molecule has 0 saturated heterocycles. The Bertz CT molecular complexity index is 1450. The van der Waals surface area contributed by atoms with Gasteiger partial charge in [0.15, 0.2) is 6.61 Å². The molecule has 4 aromatic rings. The largest absolute Gasteiger partial charge is 0.452 e. The number of benzene rings is 3. The summed E-state index contributed by atoms with van der Waals surface area (Å²) in [6, 6.07) is 19.4. The smallest absolute Gasteiger partial charge is 0.338 e. The number of carbonyl (C=O) groups is 3. The summed E-state index contributed by atoms with van der Waals surface area (Å²) < 4.78 is 5.18. The minimum absolute atomic E-state index is 0.267. The molecule has 0 spiro atoms. The number of ether oxygens (including phenoxy) is 1. The van der Waals surface area contributed by atoms with Crippen LogP contribution >= 0.6 is 0 Å². The summed E-state index contributed by atoms with van der Waals surface area (Å²) in [5.41, 5.74) is 5.84. The van der Waals surface area contributed by atoms with Gasteiger partial charge in [-0.1, -0.05) is 42.0 Å². The van der Waals surface area contributed by atoms with Crippen LogP contribution in [0.3, 0.4) is 0 Å². The molecule has 0 aliphatic rings.